The number of hydrogen-bond acceptors (Lipinski definition) is 6. The molecule has 37 heavy (non-hydrogen) atoms. The third-order valence-electron chi connectivity index (χ3n) is 8.76. The molecule has 194 valence electrons. The summed E-state index contributed by atoms with van der Waals surface area (Å²) in [5, 5.41) is 3.09. The van der Waals surface area contributed by atoms with Crippen molar-refractivity contribution in [1.82, 2.24) is 19.4 Å². The molecule has 8 nitrogen and oxygen atoms in total. The summed E-state index contributed by atoms with van der Waals surface area (Å²) in [6, 6.07) is 11.3. The fourth-order valence-corrected chi connectivity index (χ4v) is 7.16. The number of piperidine rings is 1. The molecule has 2 aromatic heterocycles. The van der Waals surface area contributed by atoms with Crippen LogP contribution in [0.1, 0.15) is 87.0 Å². The Bertz CT molecular complexity index is 1330. The van der Waals surface area contributed by atoms with Crippen LogP contribution < -0.4 is 16.6 Å². The van der Waals surface area contributed by atoms with E-state index >= 15 is 0 Å². The first-order chi connectivity index (χ1) is 18.1. The fourth-order valence-electron chi connectivity index (χ4n) is 7.16. The number of carbonyl (C=O) groups is 1. The van der Waals surface area contributed by atoms with Crippen molar-refractivity contribution in [2.75, 3.05) is 5.32 Å². The molecule has 4 heterocycles. The second kappa shape index (κ2) is 10.2. The first-order valence-electron chi connectivity index (χ1n) is 13.9. The first kappa shape index (κ1) is 24.1. The number of benzene rings is 1. The zero-order valence-corrected chi connectivity index (χ0v) is 21.3. The number of aromatic nitrogens is 3. The van der Waals surface area contributed by atoms with Gasteiger partial charge in [0.1, 0.15) is 0 Å². The van der Waals surface area contributed by atoms with E-state index in [1.54, 1.807) is 6.07 Å². The Morgan fingerprint density at radius 1 is 0.892 bits per heavy atom. The third-order valence-corrected chi connectivity index (χ3v) is 8.76. The summed E-state index contributed by atoms with van der Waals surface area (Å²) in [7, 11) is 0. The number of pyridine rings is 1. The summed E-state index contributed by atoms with van der Waals surface area (Å²) in [5.41, 5.74) is 7.68. The maximum absolute atomic E-state index is 14.0. The largest absolute Gasteiger partial charge is 0.366 e. The van der Waals surface area contributed by atoms with E-state index in [0.717, 1.165) is 23.9 Å². The molecule has 3 fully saturated rings. The van der Waals surface area contributed by atoms with Crippen LogP contribution in [0.25, 0.3) is 11.0 Å². The molecule has 1 saturated carbocycles. The molecular weight excluding hydrogens is 464 g/mol. The van der Waals surface area contributed by atoms with Crippen molar-refractivity contribution in [3.05, 3.63) is 58.6 Å². The standard InChI is InChI=1S/C29H36N6O2/c30-27(36)23-14-15-31-18-25(23)33-28-29(37)35(26-11-7-6-10-24(26)32-28)22-16-20-12-13-21(17-22)34(20)19-8-4-2-1-3-5-9-19/h6-7,10-11,14-15,18-22H,1-5,8-9,12-13,16-17H2,(H2,30,36)(H,32,33)/t20-,21+,22?. The van der Waals surface area contributed by atoms with E-state index in [2.05, 4.69) is 20.2 Å². The molecule has 0 radical (unpaired) electrons. The summed E-state index contributed by atoms with van der Waals surface area (Å²) in [4.78, 5) is 37.5. The summed E-state index contributed by atoms with van der Waals surface area (Å²) in [6.45, 7) is 0. The number of nitrogens with two attached hydrogens (primary N) is 1. The lowest BCUT2D eigenvalue weighted by Gasteiger charge is -2.45. The van der Waals surface area contributed by atoms with E-state index in [0.29, 0.717) is 23.8 Å². The third kappa shape index (κ3) is 4.63. The van der Waals surface area contributed by atoms with Gasteiger partial charge in [-0.3, -0.25) is 19.5 Å². The summed E-state index contributed by atoms with van der Waals surface area (Å²) < 4.78 is 1.96. The highest BCUT2D eigenvalue weighted by atomic mass is 16.1. The first-order valence-corrected chi connectivity index (χ1v) is 13.9. The van der Waals surface area contributed by atoms with Crippen molar-refractivity contribution in [1.29, 1.82) is 0 Å². The minimum atomic E-state index is -0.579. The molecule has 6 rings (SSSR count). The number of para-hydroxylation sites is 2. The van der Waals surface area contributed by atoms with E-state index in [1.165, 1.54) is 70.2 Å². The minimum Gasteiger partial charge on any atom is -0.366 e. The lowest BCUT2D eigenvalue weighted by molar-refractivity contribution is 0.0498. The normalized spacial score (nSPS) is 25.0. The highest BCUT2D eigenvalue weighted by Crippen LogP contribution is 2.44. The van der Waals surface area contributed by atoms with Crippen LogP contribution in [0.4, 0.5) is 11.5 Å². The van der Waals surface area contributed by atoms with Crippen molar-refractivity contribution < 1.29 is 4.79 Å². The zero-order chi connectivity index (χ0) is 25.4. The number of amides is 1. The molecule has 3 aliphatic rings. The van der Waals surface area contributed by atoms with Gasteiger partial charge in [0.25, 0.3) is 11.5 Å². The molecular formula is C29H36N6O2. The van der Waals surface area contributed by atoms with Crippen LogP contribution in [0.15, 0.2) is 47.5 Å². The van der Waals surface area contributed by atoms with Crippen LogP contribution in [0.3, 0.4) is 0 Å². The van der Waals surface area contributed by atoms with E-state index in [4.69, 9.17) is 5.73 Å². The van der Waals surface area contributed by atoms with Crippen molar-refractivity contribution in [2.24, 2.45) is 5.73 Å². The molecule has 1 amide bonds. The van der Waals surface area contributed by atoms with E-state index in [9.17, 15) is 9.59 Å². The van der Waals surface area contributed by atoms with Crippen LogP contribution >= 0.6 is 0 Å². The molecule has 2 aliphatic heterocycles. The second-order valence-electron chi connectivity index (χ2n) is 11.0. The Labute approximate surface area is 217 Å². The summed E-state index contributed by atoms with van der Waals surface area (Å²) in [6.07, 6.45) is 16.9. The number of fused-ring (bicyclic) bond motifs is 3. The van der Waals surface area contributed by atoms with Gasteiger partial charge in [0.05, 0.1) is 28.5 Å². The molecule has 3 atom stereocenters. The Balaban J connectivity index is 1.34. The van der Waals surface area contributed by atoms with E-state index in [1.807, 2.05) is 28.8 Å². The number of carbonyl (C=O) groups excluding carboxylic acids is 1. The minimum absolute atomic E-state index is 0.118. The number of hydrogen-bond donors (Lipinski definition) is 2. The molecule has 1 unspecified atom stereocenters. The Hall–Kier alpha value is -3.26. The lowest BCUT2D eigenvalue weighted by Crippen LogP contribution is -2.50. The molecule has 3 N–H and O–H groups in total. The van der Waals surface area contributed by atoms with Gasteiger partial charge in [0, 0.05) is 30.4 Å². The van der Waals surface area contributed by atoms with Crippen molar-refractivity contribution in [3.8, 4) is 0 Å². The molecule has 1 aliphatic carbocycles. The number of nitrogens with one attached hydrogen (secondary N) is 1. The molecule has 2 saturated heterocycles. The molecule has 2 bridgehead atoms. The topological polar surface area (TPSA) is 106 Å². The highest BCUT2D eigenvalue weighted by molar-refractivity contribution is 5.98. The molecule has 0 spiro atoms. The van der Waals surface area contributed by atoms with Crippen LogP contribution in [0.2, 0.25) is 0 Å². The number of rotatable bonds is 5. The smallest absolute Gasteiger partial charge is 0.294 e. The van der Waals surface area contributed by atoms with Gasteiger partial charge in [-0.15, -0.1) is 0 Å². The van der Waals surface area contributed by atoms with Gasteiger partial charge >= 0.3 is 0 Å². The van der Waals surface area contributed by atoms with Crippen molar-refractivity contribution in [3.63, 3.8) is 0 Å². The van der Waals surface area contributed by atoms with Crippen LogP contribution in [0.5, 0.6) is 0 Å². The van der Waals surface area contributed by atoms with Gasteiger partial charge in [-0.1, -0.05) is 44.2 Å². The van der Waals surface area contributed by atoms with Gasteiger partial charge in [-0.25, -0.2) is 4.98 Å². The maximum atomic E-state index is 14.0. The van der Waals surface area contributed by atoms with Crippen molar-refractivity contribution in [2.45, 2.75) is 94.8 Å². The van der Waals surface area contributed by atoms with Crippen LogP contribution in [-0.4, -0.2) is 43.5 Å². The second-order valence-corrected chi connectivity index (χ2v) is 11.0. The molecule has 1 aromatic carbocycles. The van der Waals surface area contributed by atoms with E-state index < -0.39 is 5.91 Å². The maximum Gasteiger partial charge on any atom is 0.294 e. The van der Waals surface area contributed by atoms with Crippen molar-refractivity contribution >= 4 is 28.4 Å². The predicted molar refractivity (Wildman–Crippen MR) is 145 cm³/mol. The fraction of sp³-hybridized carbons (Fsp3) is 0.517. The lowest BCUT2D eigenvalue weighted by atomic mass is 9.89. The quantitative estimate of drug-likeness (QED) is 0.515. The highest BCUT2D eigenvalue weighted by Gasteiger charge is 2.44. The molecule has 3 aromatic rings. The average molecular weight is 501 g/mol. The van der Waals surface area contributed by atoms with Gasteiger partial charge in [0.2, 0.25) is 0 Å². The zero-order valence-electron chi connectivity index (χ0n) is 21.3. The Morgan fingerprint density at radius 2 is 1.59 bits per heavy atom. The molecule has 8 heteroatoms. The van der Waals surface area contributed by atoms with Gasteiger partial charge in [-0.05, 0) is 56.7 Å². The Kier molecular flexibility index (Phi) is 6.67. The number of nitrogens with zero attached hydrogens (tertiary/aromatic N) is 4. The monoisotopic (exact) mass is 500 g/mol. The average Bonchev–Trinajstić information content (AvgIpc) is 3.13. The number of primary amides is 1. The predicted octanol–water partition coefficient (Wildman–Crippen LogP) is 4.91. The van der Waals surface area contributed by atoms with E-state index in [-0.39, 0.29) is 23.0 Å². The van der Waals surface area contributed by atoms with Gasteiger partial charge < -0.3 is 15.6 Å². The van der Waals surface area contributed by atoms with Crippen LogP contribution in [0, 0.1) is 0 Å². The summed E-state index contributed by atoms with van der Waals surface area (Å²) >= 11 is 0. The van der Waals surface area contributed by atoms with Gasteiger partial charge in [0.15, 0.2) is 5.82 Å². The number of anilines is 2. The summed E-state index contributed by atoms with van der Waals surface area (Å²) in [5.74, 6) is -0.381. The SMILES string of the molecule is NC(=O)c1ccncc1Nc1nc2ccccc2n(C2C[C@H]3CC[C@@H](C2)N3C2CCCCCCC2)c1=O. The Morgan fingerprint density at radius 3 is 2.32 bits per heavy atom. The van der Waals surface area contributed by atoms with Gasteiger partial charge in [-0.2, -0.15) is 0 Å². The van der Waals surface area contributed by atoms with Crippen LogP contribution in [-0.2, 0) is 0 Å².